The molecule has 1 atom stereocenters. The van der Waals surface area contributed by atoms with E-state index in [0.717, 1.165) is 18.5 Å². The van der Waals surface area contributed by atoms with Crippen LogP contribution in [0.2, 0.25) is 0 Å². The zero-order valence-electron chi connectivity index (χ0n) is 15.8. The van der Waals surface area contributed by atoms with Gasteiger partial charge in [-0.2, -0.15) is 5.10 Å². The summed E-state index contributed by atoms with van der Waals surface area (Å²) >= 11 is 0. The summed E-state index contributed by atoms with van der Waals surface area (Å²) in [5, 5.41) is 9.82. The molecule has 0 spiro atoms. The Bertz CT molecular complexity index is 573. The fourth-order valence-corrected chi connectivity index (χ4v) is 2.11. The van der Waals surface area contributed by atoms with Gasteiger partial charge in [-0.1, -0.05) is 6.92 Å². The van der Waals surface area contributed by atoms with Crippen LogP contribution < -0.4 is 10.6 Å². The topological polar surface area (TPSA) is 85.2 Å². The highest BCUT2D eigenvalue weighted by atomic mass is 16.6. The molecule has 0 unspecified atom stereocenters. The Labute approximate surface area is 144 Å². The Balaban J connectivity index is 2.73. The number of ether oxygens (including phenoxy) is 1. The van der Waals surface area contributed by atoms with E-state index < -0.39 is 17.2 Å². The van der Waals surface area contributed by atoms with Crippen molar-refractivity contribution in [1.82, 2.24) is 20.4 Å². The number of nitrogens with zero attached hydrogens (tertiary/aromatic N) is 2. The van der Waals surface area contributed by atoms with Gasteiger partial charge in [0.2, 0.25) is 5.91 Å². The van der Waals surface area contributed by atoms with E-state index in [1.165, 1.54) is 0 Å². The molecule has 1 heterocycles. The van der Waals surface area contributed by atoms with Gasteiger partial charge in [-0.3, -0.25) is 9.48 Å². The SMILES string of the molecule is CC[C@@H](NC(=O)C(C)(C)NC(=O)OC(C)(C)C)c1cnn(CC)c1. The van der Waals surface area contributed by atoms with Gasteiger partial charge in [-0.25, -0.2) is 4.79 Å². The van der Waals surface area contributed by atoms with Gasteiger partial charge in [-0.15, -0.1) is 0 Å². The van der Waals surface area contributed by atoms with Gasteiger partial charge >= 0.3 is 6.09 Å². The first-order chi connectivity index (χ1) is 11.0. The van der Waals surface area contributed by atoms with Crippen LogP contribution in [-0.2, 0) is 16.1 Å². The highest BCUT2D eigenvalue weighted by Gasteiger charge is 2.33. The van der Waals surface area contributed by atoms with E-state index in [1.54, 1.807) is 40.8 Å². The Morgan fingerprint density at radius 1 is 1.25 bits per heavy atom. The lowest BCUT2D eigenvalue weighted by Gasteiger charge is -2.29. The van der Waals surface area contributed by atoms with Gasteiger partial charge in [0.15, 0.2) is 0 Å². The van der Waals surface area contributed by atoms with Gasteiger partial charge in [-0.05, 0) is 48.0 Å². The van der Waals surface area contributed by atoms with Crippen molar-refractivity contribution in [3.63, 3.8) is 0 Å². The summed E-state index contributed by atoms with van der Waals surface area (Å²) in [5.41, 5.74) is -0.755. The minimum Gasteiger partial charge on any atom is -0.444 e. The smallest absolute Gasteiger partial charge is 0.408 e. The van der Waals surface area contributed by atoms with Crippen LogP contribution >= 0.6 is 0 Å². The van der Waals surface area contributed by atoms with Gasteiger partial charge in [0.1, 0.15) is 11.1 Å². The molecule has 7 nitrogen and oxygen atoms in total. The summed E-state index contributed by atoms with van der Waals surface area (Å²) in [6.45, 7) is 13.4. The maximum Gasteiger partial charge on any atom is 0.408 e. The summed E-state index contributed by atoms with van der Waals surface area (Å²) in [7, 11) is 0. The Morgan fingerprint density at radius 2 is 1.88 bits per heavy atom. The maximum atomic E-state index is 12.6. The molecule has 0 saturated heterocycles. The minimum absolute atomic E-state index is 0.155. The van der Waals surface area contributed by atoms with E-state index >= 15 is 0 Å². The van der Waals surface area contributed by atoms with E-state index in [-0.39, 0.29) is 11.9 Å². The summed E-state index contributed by atoms with van der Waals surface area (Å²) in [4.78, 5) is 24.5. The summed E-state index contributed by atoms with van der Waals surface area (Å²) in [6, 6.07) is -0.155. The molecule has 0 aliphatic carbocycles. The number of hydrogen-bond donors (Lipinski definition) is 2. The molecule has 2 amide bonds. The van der Waals surface area contributed by atoms with Crippen molar-refractivity contribution < 1.29 is 14.3 Å². The number of hydrogen-bond acceptors (Lipinski definition) is 4. The standard InChI is InChI=1S/C17H30N4O3/c1-8-13(12-10-18-21(9-2)11-12)19-14(22)17(6,7)20-15(23)24-16(3,4)5/h10-11,13H,8-9H2,1-7H3,(H,19,22)(H,20,23)/t13-/m1/s1. The molecule has 0 radical (unpaired) electrons. The lowest BCUT2D eigenvalue weighted by Crippen LogP contribution is -2.56. The molecule has 2 N–H and O–H groups in total. The first kappa shape index (κ1) is 20.0. The van der Waals surface area contributed by atoms with Crippen molar-refractivity contribution in [1.29, 1.82) is 0 Å². The predicted molar refractivity (Wildman–Crippen MR) is 92.5 cm³/mol. The molecule has 7 heteroatoms. The second-order valence-electron chi connectivity index (χ2n) is 7.32. The molecule has 0 aliphatic rings. The third-order valence-electron chi connectivity index (χ3n) is 3.47. The molecule has 0 aliphatic heterocycles. The lowest BCUT2D eigenvalue weighted by molar-refractivity contribution is -0.127. The molecule has 0 saturated carbocycles. The number of rotatable bonds is 6. The summed E-state index contributed by atoms with van der Waals surface area (Å²) < 4.78 is 7.03. The summed E-state index contributed by atoms with van der Waals surface area (Å²) in [5.74, 6) is -0.274. The summed E-state index contributed by atoms with van der Waals surface area (Å²) in [6.07, 6.45) is 3.79. The third kappa shape index (κ3) is 5.86. The number of carbonyl (C=O) groups excluding carboxylic acids is 2. The number of alkyl carbamates (subject to hydrolysis) is 1. The Hall–Kier alpha value is -2.05. The minimum atomic E-state index is -1.09. The van der Waals surface area contributed by atoms with Gasteiger partial charge < -0.3 is 15.4 Å². The van der Waals surface area contributed by atoms with E-state index in [2.05, 4.69) is 15.7 Å². The predicted octanol–water partition coefficient (Wildman–Crippen LogP) is 2.77. The van der Waals surface area contributed by atoms with Crippen molar-refractivity contribution in [2.45, 2.75) is 78.6 Å². The van der Waals surface area contributed by atoms with Crippen molar-refractivity contribution in [2.75, 3.05) is 0 Å². The van der Waals surface area contributed by atoms with Crippen LogP contribution in [0.5, 0.6) is 0 Å². The third-order valence-corrected chi connectivity index (χ3v) is 3.47. The molecule has 0 bridgehead atoms. The molecule has 0 fully saturated rings. The van der Waals surface area contributed by atoms with Crippen molar-refractivity contribution in [3.05, 3.63) is 18.0 Å². The number of aryl methyl sites for hydroxylation is 1. The molecule has 1 rings (SSSR count). The van der Waals surface area contributed by atoms with Crippen molar-refractivity contribution in [2.24, 2.45) is 0 Å². The van der Waals surface area contributed by atoms with E-state index in [1.807, 2.05) is 24.7 Å². The van der Waals surface area contributed by atoms with Crippen LogP contribution in [0.15, 0.2) is 12.4 Å². The normalized spacial score (nSPS) is 13.3. The van der Waals surface area contributed by atoms with Crippen molar-refractivity contribution >= 4 is 12.0 Å². The number of nitrogens with one attached hydrogen (secondary N) is 2. The number of aromatic nitrogens is 2. The Morgan fingerprint density at radius 3 is 2.33 bits per heavy atom. The molecule has 136 valence electrons. The fourth-order valence-electron chi connectivity index (χ4n) is 2.11. The van der Waals surface area contributed by atoms with Gasteiger partial charge in [0.05, 0.1) is 12.2 Å². The molecule has 0 aromatic carbocycles. The van der Waals surface area contributed by atoms with E-state index in [0.29, 0.717) is 0 Å². The van der Waals surface area contributed by atoms with Crippen LogP contribution in [0.25, 0.3) is 0 Å². The zero-order chi connectivity index (χ0) is 18.5. The van der Waals surface area contributed by atoms with Crippen molar-refractivity contribution in [3.8, 4) is 0 Å². The zero-order valence-corrected chi connectivity index (χ0v) is 15.8. The average Bonchev–Trinajstić information content (AvgIpc) is 2.90. The maximum absolute atomic E-state index is 12.6. The van der Waals surface area contributed by atoms with Crippen LogP contribution in [-0.4, -0.2) is 32.9 Å². The average molecular weight is 338 g/mol. The Kier molecular flexibility index (Phi) is 6.40. The lowest BCUT2D eigenvalue weighted by atomic mass is 10.0. The quantitative estimate of drug-likeness (QED) is 0.835. The molecule has 24 heavy (non-hydrogen) atoms. The van der Waals surface area contributed by atoms with E-state index in [4.69, 9.17) is 4.74 Å². The highest BCUT2D eigenvalue weighted by molar-refractivity contribution is 5.89. The molecule has 1 aromatic heterocycles. The fraction of sp³-hybridized carbons (Fsp3) is 0.706. The largest absolute Gasteiger partial charge is 0.444 e. The van der Waals surface area contributed by atoms with Crippen LogP contribution in [0.3, 0.4) is 0 Å². The highest BCUT2D eigenvalue weighted by Crippen LogP contribution is 2.17. The first-order valence-corrected chi connectivity index (χ1v) is 8.33. The van der Waals surface area contributed by atoms with Crippen LogP contribution in [0.4, 0.5) is 4.79 Å². The van der Waals surface area contributed by atoms with Gasteiger partial charge in [0, 0.05) is 18.3 Å². The monoisotopic (exact) mass is 338 g/mol. The van der Waals surface area contributed by atoms with E-state index in [9.17, 15) is 9.59 Å². The number of amides is 2. The molecule has 1 aromatic rings. The van der Waals surface area contributed by atoms with Crippen LogP contribution in [0, 0.1) is 0 Å². The number of carbonyl (C=O) groups is 2. The molecular formula is C17H30N4O3. The molecular weight excluding hydrogens is 308 g/mol. The second kappa shape index (κ2) is 7.68. The van der Waals surface area contributed by atoms with Crippen LogP contribution in [0.1, 0.15) is 66.5 Å². The second-order valence-corrected chi connectivity index (χ2v) is 7.32. The van der Waals surface area contributed by atoms with Gasteiger partial charge in [0.25, 0.3) is 0 Å². The first-order valence-electron chi connectivity index (χ1n) is 8.33.